The highest BCUT2D eigenvalue weighted by atomic mass is 16.5. The lowest BCUT2D eigenvalue weighted by Gasteiger charge is -2.14. The topological polar surface area (TPSA) is 102 Å². The van der Waals surface area contributed by atoms with Gasteiger partial charge in [0.1, 0.15) is 5.76 Å². The average molecular weight is 434 g/mol. The second-order valence-corrected chi connectivity index (χ2v) is 8.07. The molecule has 166 valence electrons. The highest BCUT2D eigenvalue weighted by molar-refractivity contribution is 6.08. The number of anilines is 1. The molecule has 1 aromatic carbocycles. The first-order chi connectivity index (χ1) is 15.5. The van der Waals surface area contributed by atoms with E-state index in [-0.39, 0.29) is 29.2 Å². The maximum Gasteiger partial charge on any atom is 0.273 e. The number of carbonyl (C=O) groups excluding carboxylic acids is 3. The summed E-state index contributed by atoms with van der Waals surface area (Å²) in [4.78, 5) is 37.7. The molecule has 2 amide bonds. The van der Waals surface area contributed by atoms with Crippen LogP contribution < -0.4 is 10.6 Å². The van der Waals surface area contributed by atoms with Crippen LogP contribution in [0.4, 0.5) is 5.69 Å². The Morgan fingerprint density at radius 2 is 1.97 bits per heavy atom. The van der Waals surface area contributed by atoms with Crippen LogP contribution in [0, 0.1) is 5.92 Å². The zero-order chi connectivity index (χ0) is 22.5. The Morgan fingerprint density at radius 3 is 2.84 bits per heavy atom. The lowest BCUT2D eigenvalue weighted by molar-refractivity contribution is -0.115. The van der Waals surface area contributed by atoms with Crippen molar-refractivity contribution in [3.63, 3.8) is 0 Å². The molecule has 0 radical (unpaired) electrons. The SMILES string of the molecule is Cn1cc2c(n1)C(=O)NCCCCOC1=CC(CC(=O)C=C1)Cc1cccc(c1)C(=O)N2. The van der Waals surface area contributed by atoms with Gasteiger partial charge in [0, 0.05) is 31.8 Å². The lowest BCUT2D eigenvalue weighted by Crippen LogP contribution is -2.26. The molecule has 1 aromatic heterocycles. The van der Waals surface area contributed by atoms with Crippen LogP contribution >= 0.6 is 0 Å². The number of aromatic nitrogens is 2. The van der Waals surface area contributed by atoms with Crippen LogP contribution in [0.25, 0.3) is 0 Å². The molecule has 4 bridgehead atoms. The van der Waals surface area contributed by atoms with Crippen molar-refractivity contribution in [3.8, 4) is 0 Å². The van der Waals surface area contributed by atoms with Gasteiger partial charge in [0.25, 0.3) is 11.8 Å². The van der Waals surface area contributed by atoms with Crippen molar-refractivity contribution in [1.82, 2.24) is 15.1 Å². The minimum atomic E-state index is -0.340. The highest BCUT2D eigenvalue weighted by Gasteiger charge is 2.20. The van der Waals surface area contributed by atoms with Crippen LogP contribution in [-0.4, -0.2) is 40.5 Å². The van der Waals surface area contributed by atoms with Gasteiger partial charge in [-0.15, -0.1) is 0 Å². The summed E-state index contributed by atoms with van der Waals surface area (Å²) in [7, 11) is 1.70. The fourth-order valence-corrected chi connectivity index (χ4v) is 3.86. The van der Waals surface area contributed by atoms with E-state index >= 15 is 0 Å². The minimum Gasteiger partial charge on any atom is -0.494 e. The Bertz CT molecular complexity index is 1100. The van der Waals surface area contributed by atoms with Crippen LogP contribution in [0.2, 0.25) is 0 Å². The molecular weight excluding hydrogens is 408 g/mol. The number of allylic oxidation sites excluding steroid dienone is 3. The van der Waals surface area contributed by atoms with E-state index in [1.54, 1.807) is 31.5 Å². The van der Waals surface area contributed by atoms with E-state index in [2.05, 4.69) is 15.7 Å². The Kier molecular flexibility index (Phi) is 6.49. The summed E-state index contributed by atoms with van der Waals surface area (Å²) in [5.41, 5.74) is 1.95. The molecule has 8 heteroatoms. The summed E-state index contributed by atoms with van der Waals surface area (Å²) in [6, 6.07) is 7.29. The largest absolute Gasteiger partial charge is 0.494 e. The molecule has 32 heavy (non-hydrogen) atoms. The highest BCUT2D eigenvalue weighted by Crippen LogP contribution is 2.22. The average Bonchev–Trinajstić information content (AvgIpc) is 3.03. The van der Waals surface area contributed by atoms with Crippen molar-refractivity contribution in [2.75, 3.05) is 18.5 Å². The first-order valence-corrected chi connectivity index (χ1v) is 10.8. The number of aryl methyl sites for hydroxylation is 1. The number of fused-ring (bicyclic) bond motifs is 4. The van der Waals surface area contributed by atoms with Gasteiger partial charge in [-0.1, -0.05) is 12.1 Å². The third-order valence-corrected chi connectivity index (χ3v) is 5.40. The van der Waals surface area contributed by atoms with Crippen molar-refractivity contribution in [1.29, 1.82) is 0 Å². The number of ether oxygens (including phenoxy) is 1. The van der Waals surface area contributed by atoms with Crippen molar-refractivity contribution in [3.05, 3.63) is 71.3 Å². The van der Waals surface area contributed by atoms with E-state index in [4.69, 9.17) is 4.74 Å². The summed E-state index contributed by atoms with van der Waals surface area (Å²) < 4.78 is 7.37. The summed E-state index contributed by atoms with van der Waals surface area (Å²) in [6.07, 6.45) is 9.35. The monoisotopic (exact) mass is 434 g/mol. The molecule has 2 aromatic rings. The molecule has 0 saturated carbocycles. The smallest absolute Gasteiger partial charge is 0.273 e. The Hall–Kier alpha value is -3.68. The van der Waals surface area contributed by atoms with Crippen molar-refractivity contribution in [2.24, 2.45) is 13.0 Å². The molecule has 2 heterocycles. The number of hydrogen-bond donors (Lipinski definition) is 2. The second kappa shape index (κ2) is 9.64. The van der Waals surface area contributed by atoms with E-state index in [1.165, 1.54) is 4.68 Å². The quantitative estimate of drug-likeness (QED) is 0.664. The Balaban J connectivity index is 1.63. The first-order valence-electron chi connectivity index (χ1n) is 10.8. The molecule has 2 N–H and O–H groups in total. The number of ketones is 1. The maximum atomic E-state index is 12.9. The van der Waals surface area contributed by atoms with Crippen molar-refractivity contribution < 1.29 is 19.1 Å². The van der Waals surface area contributed by atoms with E-state index < -0.39 is 0 Å². The predicted octanol–water partition coefficient (Wildman–Crippen LogP) is 2.78. The predicted molar refractivity (Wildman–Crippen MR) is 119 cm³/mol. The summed E-state index contributed by atoms with van der Waals surface area (Å²) in [5, 5.41) is 9.85. The molecule has 1 aliphatic carbocycles. The Labute approximate surface area is 186 Å². The van der Waals surface area contributed by atoms with Crippen LogP contribution in [0.3, 0.4) is 0 Å². The Morgan fingerprint density at radius 1 is 1.09 bits per heavy atom. The standard InChI is InChI=1S/C24H26N4O4/c1-28-15-21-22(27-28)24(31)25-9-2-3-10-32-20-8-7-19(29)13-17(14-20)11-16-5-4-6-18(12-16)23(30)26-21/h4-8,12,14-15,17H,2-3,9-11,13H2,1H3,(H,25,31)(H,26,30). The van der Waals surface area contributed by atoms with Crippen LogP contribution in [0.15, 0.2) is 54.4 Å². The fraction of sp³-hybridized carbons (Fsp3) is 0.333. The van der Waals surface area contributed by atoms with E-state index in [9.17, 15) is 14.4 Å². The van der Waals surface area contributed by atoms with E-state index in [0.717, 1.165) is 18.4 Å². The number of nitrogens with zero attached hydrogens (tertiary/aromatic N) is 2. The molecule has 4 rings (SSSR count). The van der Waals surface area contributed by atoms with Crippen molar-refractivity contribution >= 4 is 23.3 Å². The number of rotatable bonds is 0. The van der Waals surface area contributed by atoms with Crippen LogP contribution in [-0.2, 0) is 23.0 Å². The molecule has 0 fully saturated rings. The van der Waals surface area contributed by atoms with Gasteiger partial charge in [-0.05, 0) is 61.1 Å². The summed E-state index contributed by atoms with van der Waals surface area (Å²) in [6.45, 7) is 0.956. The first kappa shape index (κ1) is 21.5. The summed E-state index contributed by atoms with van der Waals surface area (Å²) in [5.74, 6) is 0.0454. The number of hydrogen-bond acceptors (Lipinski definition) is 5. The van der Waals surface area contributed by atoms with Gasteiger partial charge in [-0.3, -0.25) is 19.1 Å². The van der Waals surface area contributed by atoms with Gasteiger partial charge in [0.2, 0.25) is 0 Å². The summed E-state index contributed by atoms with van der Waals surface area (Å²) >= 11 is 0. The number of carbonyl (C=O) groups is 3. The lowest BCUT2D eigenvalue weighted by atomic mass is 9.93. The fourth-order valence-electron chi connectivity index (χ4n) is 3.86. The van der Waals surface area contributed by atoms with Crippen LogP contribution in [0.5, 0.6) is 0 Å². The normalized spacial score (nSPS) is 20.0. The van der Waals surface area contributed by atoms with E-state index in [1.807, 2.05) is 24.3 Å². The van der Waals surface area contributed by atoms with Gasteiger partial charge in [-0.2, -0.15) is 5.10 Å². The molecule has 1 unspecified atom stereocenters. The van der Waals surface area contributed by atoms with Gasteiger partial charge in [-0.25, -0.2) is 0 Å². The molecule has 8 nitrogen and oxygen atoms in total. The molecule has 0 spiro atoms. The van der Waals surface area contributed by atoms with Gasteiger partial charge in [0.05, 0.1) is 12.3 Å². The van der Waals surface area contributed by atoms with Crippen molar-refractivity contribution in [2.45, 2.75) is 25.7 Å². The van der Waals surface area contributed by atoms with Gasteiger partial charge in [0.15, 0.2) is 11.5 Å². The van der Waals surface area contributed by atoms with Gasteiger partial charge < -0.3 is 15.4 Å². The third-order valence-electron chi connectivity index (χ3n) is 5.40. The number of benzene rings is 1. The zero-order valence-corrected chi connectivity index (χ0v) is 18.0. The third kappa shape index (κ3) is 5.32. The zero-order valence-electron chi connectivity index (χ0n) is 18.0. The molecule has 1 atom stereocenters. The molecule has 1 aliphatic heterocycles. The minimum absolute atomic E-state index is 0.0195. The van der Waals surface area contributed by atoms with Gasteiger partial charge >= 0.3 is 0 Å². The second-order valence-electron chi connectivity index (χ2n) is 8.07. The van der Waals surface area contributed by atoms with E-state index in [0.29, 0.717) is 43.0 Å². The maximum absolute atomic E-state index is 12.9. The number of amides is 2. The number of nitrogens with one attached hydrogen (secondary N) is 2. The molecular formula is C24H26N4O4. The molecule has 0 saturated heterocycles. The van der Waals surface area contributed by atoms with Crippen LogP contribution in [0.1, 0.15) is 45.7 Å². The molecule has 2 aliphatic rings.